The van der Waals surface area contributed by atoms with Crippen molar-refractivity contribution in [2.45, 2.75) is 37.6 Å². The van der Waals surface area contributed by atoms with Crippen LogP contribution in [0.3, 0.4) is 0 Å². The van der Waals surface area contributed by atoms with Gasteiger partial charge in [0.15, 0.2) is 0 Å². The molecule has 0 spiro atoms. The summed E-state index contributed by atoms with van der Waals surface area (Å²) in [5.41, 5.74) is 6.17. The number of aryl methyl sites for hydroxylation is 1. The van der Waals surface area contributed by atoms with Crippen molar-refractivity contribution in [2.24, 2.45) is 11.7 Å². The molecule has 0 bridgehead atoms. The van der Waals surface area contributed by atoms with E-state index in [4.69, 9.17) is 5.73 Å². The molecule has 4 nitrogen and oxygen atoms in total. The van der Waals surface area contributed by atoms with E-state index in [1.165, 1.54) is 16.4 Å². The molecule has 0 saturated carbocycles. The van der Waals surface area contributed by atoms with Gasteiger partial charge in [0.05, 0.1) is 4.90 Å². The van der Waals surface area contributed by atoms with Crippen molar-refractivity contribution in [3.8, 4) is 0 Å². The zero-order valence-electron chi connectivity index (χ0n) is 12.3. The molecule has 120 valence electrons. The largest absolute Gasteiger partial charge is 0.329 e. The van der Waals surface area contributed by atoms with Crippen LogP contribution in [0.25, 0.3) is 0 Å². The van der Waals surface area contributed by atoms with E-state index < -0.39 is 15.8 Å². The number of hydrogen-bond acceptors (Lipinski definition) is 3. The van der Waals surface area contributed by atoms with E-state index in [1.54, 1.807) is 6.92 Å². The van der Waals surface area contributed by atoms with Crippen molar-refractivity contribution < 1.29 is 12.8 Å². The van der Waals surface area contributed by atoms with Crippen molar-refractivity contribution in [3.05, 3.63) is 29.6 Å². The lowest BCUT2D eigenvalue weighted by Crippen LogP contribution is -2.51. The number of benzene rings is 1. The SMILES string of the molecule is Cc1ccc(S(=O)(=O)N2CCCC(C)C2CN)cc1F.Cl. The highest BCUT2D eigenvalue weighted by Gasteiger charge is 2.36. The fourth-order valence-corrected chi connectivity index (χ4v) is 4.51. The Morgan fingerprint density at radius 3 is 2.67 bits per heavy atom. The van der Waals surface area contributed by atoms with Gasteiger partial charge >= 0.3 is 0 Å². The highest BCUT2D eigenvalue weighted by Crippen LogP contribution is 2.29. The maximum absolute atomic E-state index is 13.6. The third-order valence-electron chi connectivity index (χ3n) is 4.06. The van der Waals surface area contributed by atoms with Crippen LogP contribution in [0.15, 0.2) is 23.1 Å². The van der Waals surface area contributed by atoms with Crippen LogP contribution < -0.4 is 5.73 Å². The summed E-state index contributed by atoms with van der Waals surface area (Å²) >= 11 is 0. The molecule has 1 aromatic carbocycles. The highest BCUT2D eigenvalue weighted by atomic mass is 35.5. The summed E-state index contributed by atoms with van der Waals surface area (Å²) in [5.74, 6) is -0.278. The first-order valence-electron chi connectivity index (χ1n) is 6.86. The number of sulfonamides is 1. The molecule has 2 N–H and O–H groups in total. The molecule has 1 aromatic rings. The predicted octanol–water partition coefficient (Wildman–Crippen LogP) is 2.30. The summed E-state index contributed by atoms with van der Waals surface area (Å²) in [6, 6.07) is 3.84. The molecule has 0 radical (unpaired) electrons. The predicted molar refractivity (Wildman–Crippen MR) is 83.5 cm³/mol. The van der Waals surface area contributed by atoms with Crippen LogP contribution in [-0.2, 0) is 10.0 Å². The molecule has 2 atom stereocenters. The highest BCUT2D eigenvalue weighted by molar-refractivity contribution is 7.89. The monoisotopic (exact) mass is 336 g/mol. The third kappa shape index (κ3) is 3.56. The van der Waals surface area contributed by atoms with Crippen LogP contribution in [0.4, 0.5) is 4.39 Å². The summed E-state index contributed by atoms with van der Waals surface area (Å²) in [4.78, 5) is 0.00755. The molecular formula is C14H22ClFN2O2S. The fraction of sp³-hybridized carbons (Fsp3) is 0.571. The van der Waals surface area contributed by atoms with Gasteiger partial charge < -0.3 is 5.73 Å². The maximum Gasteiger partial charge on any atom is 0.243 e. The van der Waals surface area contributed by atoms with Crippen molar-refractivity contribution >= 4 is 22.4 Å². The molecule has 0 aromatic heterocycles. The summed E-state index contributed by atoms with van der Waals surface area (Å²) in [6.45, 7) is 4.35. The Kier molecular flexibility index (Phi) is 6.16. The van der Waals surface area contributed by atoms with Crippen molar-refractivity contribution in [1.29, 1.82) is 0 Å². The number of nitrogens with zero attached hydrogens (tertiary/aromatic N) is 1. The molecule has 1 fully saturated rings. The summed E-state index contributed by atoms with van der Waals surface area (Å²) < 4.78 is 40.4. The molecule has 0 aliphatic carbocycles. The lowest BCUT2D eigenvalue weighted by molar-refractivity contribution is 0.192. The Hall–Kier alpha value is -0.690. The Labute approximate surface area is 132 Å². The smallest absolute Gasteiger partial charge is 0.243 e. The molecule has 1 saturated heterocycles. The Morgan fingerprint density at radius 1 is 1.43 bits per heavy atom. The van der Waals surface area contributed by atoms with E-state index in [0.29, 0.717) is 12.1 Å². The van der Waals surface area contributed by atoms with E-state index in [2.05, 4.69) is 0 Å². The van der Waals surface area contributed by atoms with Gasteiger partial charge in [0.2, 0.25) is 10.0 Å². The third-order valence-corrected chi connectivity index (χ3v) is 5.98. The van der Waals surface area contributed by atoms with E-state index in [9.17, 15) is 12.8 Å². The molecule has 1 aliphatic heterocycles. The van der Waals surface area contributed by atoms with Crippen LogP contribution in [-0.4, -0.2) is 31.9 Å². The Balaban J connectivity index is 0.00000220. The van der Waals surface area contributed by atoms with Crippen LogP contribution in [0.1, 0.15) is 25.3 Å². The fourth-order valence-electron chi connectivity index (χ4n) is 2.73. The van der Waals surface area contributed by atoms with Gasteiger partial charge in [0, 0.05) is 19.1 Å². The first kappa shape index (κ1) is 18.4. The number of piperidine rings is 1. The minimum Gasteiger partial charge on any atom is -0.329 e. The normalized spacial score (nSPS) is 23.6. The van der Waals surface area contributed by atoms with Gasteiger partial charge in [-0.2, -0.15) is 4.31 Å². The van der Waals surface area contributed by atoms with Gasteiger partial charge in [-0.3, -0.25) is 0 Å². The van der Waals surface area contributed by atoms with Gasteiger partial charge in [-0.25, -0.2) is 12.8 Å². The first-order valence-corrected chi connectivity index (χ1v) is 8.30. The second-order valence-corrected chi connectivity index (χ2v) is 7.34. The molecular weight excluding hydrogens is 315 g/mol. The average Bonchev–Trinajstić information content (AvgIpc) is 2.41. The quantitative estimate of drug-likeness (QED) is 0.921. The number of hydrogen-bond donors (Lipinski definition) is 1. The molecule has 7 heteroatoms. The molecule has 21 heavy (non-hydrogen) atoms. The zero-order valence-corrected chi connectivity index (χ0v) is 13.9. The summed E-state index contributed by atoms with van der Waals surface area (Å²) in [5, 5.41) is 0. The number of halogens is 2. The zero-order chi connectivity index (χ0) is 14.9. The molecule has 1 aliphatic rings. The minimum atomic E-state index is -3.68. The van der Waals surface area contributed by atoms with Gasteiger partial charge in [-0.15, -0.1) is 12.4 Å². The van der Waals surface area contributed by atoms with E-state index >= 15 is 0 Å². The van der Waals surface area contributed by atoms with Gasteiger partial charge in [0.1, 0.15) is 5.82 Å². The lowest BCUT2D eigenvalue weighted by Gasteiger charge is -2.38. The molecule has 0 amide bonds. The van der Waals surface area contributed by atoms with Crippen LogP contribution >= 0.6 is 12.4 Å². The molecule has 2 rings (SSSR count). The van der Waals surface area contributed by atoms with E-state index in [-0.39, 0.29) is 35.8 Å². The molecule has 1 heterocycles. The Bertz CT molecular complexity index is 595. The Morgan fingerprint density at radius 2 is 2.10 bits per heavy atom. The van der Waals surface area contributed by atoms with Crippen molar-refractivity contribution in [3.63, 3.8) is 0 Å². The summed E-state index contributed by atoms with van der Waals surface area (Å²) in [6.07, 6.45) is 1.78. The van der Waals surface area contributed by atoms with Crippen molar-refractivity contribution in [1.82, 2.24) is 4.31 Å². The van der Waals surface area contributed by atoms with Gasteiger partial charge in [0.25, 0.3) is 0 Å². The average molecular weight is 337 g/mol. The first-order chi connectivity index (χ1) is 9.37. The number of rotatable bonds is 3. The van der Waals surface area contributed by atoms with Crippen LogP contribution in [0, 0.1) is 18.7 Å². The summed E-state index contributed by atoms with van der Waals surface area (Å²) in [7, 11) is -3.68. The standard InChI is InChI=1S/C14H21FN2O2S.ClH/c1-10-5-6-12(8-13(10)15)20(18,19)17-7-3-4-11(2)14(17)9-16;/h5-6,8,11,14H,3-4,7,9,16H2,1-2H3;1H. The van der Waals surface area contributed by atoms with E-state index in [1.807, 2.05) is 6.92 Å². The van der Waals surface area contributed by atoms with Crippen molar-refractivity contribution in [2.75, 3.05) is 13.1 Å². The van der Waals surface area contributed by atoms with Gasteiger partial charge in [-0.1, -0.05) is 13.0 Å². The van der Waals surface area contributed by atoms with Gasteiger partial charge in [-0.05, 0) is 43.4 Å². The lowest BCUT2D eigenvalue weighted by atomic mass is 9.93. The van der Waals surface area contributed by atoms with E-state index in [0.717, 1.165) is 18.9 Å². The minimum absolute atomic E-state index is 0. The topological polar surface area (TPSA) is 63.4 Å². The van der Waals surface area contributed by atoms with Crippen LogP contribution in [0.2, 0.25) is 0 Å². The van der Waals surface area contributed by atoms with Crippen LogP contribution in [0.5, 0.6) is 0 Å². The number of nitrogens with two attached hydrogens (primary N) is 1. The molecule has 2 unspecified atom stereocenters. The second kappa shape index (κ2) is 7.05. The second-order valence-electron chi connectivity index (χ2n) is 5.45. The maximum atomic E-state index is 13.6.